The Bertz CT molecular complexity index is 656. The molecule has 8 heteroatoms. The van der Waals surface area contributed by atoms with Crippen LogP contribution in [0.4, 0.5) is 5.69 Å². The normalized spacial score (nSPS) is 19.8. The van der Waals surface area contributed by atoms with Gasteiger partial charge in [0.15, 0.2) is 0 Å². The highest BCUT2D eigenvalue weighted by Crippen LogP contribution is 2.38. The maximum Gasteiger partial charge on any atom is 0.255 e. The van der Waals surface area contributed by atoms with Gasteiger partial charge in [-0.2, -0.15) is 0 Å². The van der Waals surface area contributed by atoms with Crippen molar-refractivity contribution in [3.05, 3.63) is 22.2 Å². The molecule has 0 saturated carbocycles. The van der Waals surface area contributed by atoms with Gasteiger partial charge in [-0.3, -0.25) is 9.69 Å². The van der Waals surface area contributed by atoms with Crippen LogP contribution < -0.4 is 15.8 Å². The molecule has 0 aliphatic carbocycles. The van der Waals surface area contributed by atoms with Crippen LogP contribution in [0.3, 0.4) is 0 Å². The molecule has 0 spiro atoms. The second-order valence-corrected chi connectivity index (χ2v) is 6.98. The first-order valence-corrected chi connectivity index (χ1v) is 9.32. The summed E-state index contributed by atoms with van der Waals surface area (Å²) in [6.07, 6.45) is 1.63. The van der Waals surface area contributed by atoms with Gasteiger partial charge >= 0.3 is 0 Å². The van der Waals surface area contributed by atoms with Gasteiger partial charge in [0, 0.05) is 51.9 Å². The average Bonchev–Trinajstić information content (AvgIpc) is 3.13. The van der Waals surface area contributed by atoms with Crippen LogP contribution in [0.1, 0.15) is 22.3 Å². The quantitative estimate of drug-likeness (QED) is 0.545. The first-order chi connectivity index (χ1) is 12.6. The summed E-state index contributed by atoms with van der Waals surface area (Å²) in [7, 11) is 1.71. The van der Waals surface area contributed by atoms with E-state index in [0.717, 1.165) is 38.2 Å². The molecule has 1 aromatic carbocycles. The first-order valence-electron chi connectivity index (χ1n) is 8.95. The maximum atomic E-state index is 12.6. The number of nitrogens with zero attached hydrogens (tertiary/aromatic N) is 1. The molecule has 0 bridgehead atoms. The van der Waals surface area contributed by atoms with Gasteiger partial charge in [0.2, 0.25) is 0 Å². The summed E-state index contributed by atoms with van der Waals surface area (Å²) in [4.78, 5) is 15.0. The van der Waals surface area contributed by atoms with E-state index in [2.05, 4.69) is 10.2 Å². The van der Waals surface area contributed by atoms with Crippen LogP contribution in [0.25, 0.3) is 0 Å². The Morgan fingerprint density at radius 2 is 2.35 bits per heavy atom. The maximum absolute atomic E-state index is 12.6. The predicted octanol–water partition coefficient (Wildman–Crippen LogP) is 1.32. The molecule has 1 fully saturated rings. The Kier molecular flexibility index (Phi) is 6.58. The number of anilines is 1. The highest BCUT2D eigenvalue weighted by molar-refractivity contribution is 6.33. The van der Waals surface area contributed by atoms with Crippen molar-refractivity contribution in [3.63, 3.8) is 0 Å². The first kappa shape index (κ1) is 19.2. The molecule has 1 aromatic rings. The molecule has 2 heterocycles. The van der Waals surface area contributed by atoms with E-state index in [1.807, 2.05) is 0 Å². The monoisotopic (exact) mass is 383 g/mol. The number of hydrogen-bond acceptors (Lipinski definition) is 6. The summed E-state index contributed by atoms with van der Waals surface area (Å²) < 4.78 is 16.5. The standard InChI is InChI=1S/C18H26ClN3O4/c1-24-6-2-4-22-5-8-25-12(11-22)10-21-18(23)14-9-15(19)16(20)13-3-7-26-17(13)14/h9,12H,2-8,10-11,20H2,1H3,(H,21,23). The lowest BCUT2D eigenvalue weighted by Crippen LogP contribution is -2.47. The molecule has 1 unspecified atom stereocenters. The fourth-order valence-electron chi connectivity index (χ4n) is 3.38. The van der Waals surface area contributed by atoms with Gasteiger partial charge in [-0.25, -0.2) is 0 Å². The minimum absolute atomic E-state index is 0.0338. The molecule has 1 amide bonds. The van der Waals surface area contributed by atoms with E-state index in [4.69, 9.17) is 31.5 Å². The largest absolute Gasteiger partial charge is 0.492 e. The second-order valence-electron chi connectivity index (χ2n) is 6.58. The number of fused-ring (bicyclic) bond motifs is 1. The molecule has 144 valence electrons. The number of nitrogens with two attached hydrogens (primary N) is 1. The van der Waals surface area contributed by atoms with E-state index in [-0.39, 0.29) is 12.0 Å². The zero-order valence-corrected chi connectivity index (χ0v) is 15.8. The number of amides is 1. The van der Waals surface area contributed by atoms with Crippen LogP contribution in [0.5, 0.6) is 5.75 Å². The van der Waals surface area contributed by atoms with Crippen LogP contribution in [0.15, 0.2) is 6.07 Å². The van der Waals surface area contributed by atoms with Gasteiger partial charge in [0.25, 0.3) is 5.91 Å². The third-order valence-corrected chi connectivity index (χ3v) is 5.06. The van der Waals surface area contributed by atoms with Crippen molar-refractivity contribution in [1.82, 2.24) is 10.2 Å². The number of nitrogens with one attached hydrogen (secondary N) is 1. The second kappa shape index (κ2) is 8.90. The Morgan fingerprint density at radius 3 is 3.15 bits per heavy atom. The SMILES string of the molecule is COCCCN1CCOC(CNC(=O)c2cc(Cl)c(N)c3c2OCC3)C1. The van der Waals surface area contributed by atoms with E-state index in [9.17, 15) is 4.79 Å². The third kappa shape index (κ3) is 4.40. The van der Waals surface area contributed by atoms with E-state index in [1.165, 1.54) is 0 Å². The summed E-state index contributed by atoms with van der Waals surface area (Å²) in [5.41, 5.74) is 7.73. The van der Waals surface area contributed by atoms with E-state index in [0.29, 0.717) is 48.2 Å². The van der Waals surface area contributed by atoms with Gasteiger partial charge in [-0.15, -0.1) is 0 Å². The van der Waals surface area contributed by atoms with Crippen LogP contribution in [0, 0.1) is 0 Å². The van der Waals surface area contributed by atoms with Crippen LogP contribution >= 0.6 is 11.6 Å². The zero-order valence-electron chi connectivity index (χ0n) is 15.1. The van der Waals surface area contributed by atoms with E-state index < -0.39 is 0 Å². The van der Waals surface area contributed by atoms with Crippen molar-refractivity contribution < 1.29 is 19.0 Å². The molecule has 3 rings (SSSR count). The van der Waals surface area contributed by atoms with Crippen molar-refractivity contribution in [2.75, 3.05) is 58.8 Å². The molecule has 1 saturated heterocycles. The smallest absolute Gasteiger partial charge is 0.255 e. The number of benzene rings is 1. The topological polar surface area (TPSA) is 86.1 Å². The molecular formula is C18H26ClN3O4. The van der Waals surface area contributed by atoms with Gasteiger partial charge in [-0.05, 0) is 12.5 Å². The highest BCUT2D eigenvalue weighted by atomic mass is 35.5. The van der Waals surface area contributed by atoms with Crippen molar-refractivity contribution in [2.45, 2.75) is 18.9 Å². The number of carbonyl (C=O) groups excluding carboxylic acids is 1. The molecule has 3 N–H and O–H groups in total. The summed E-state index contributed by atoms with van der Waals surface area (Å²) in [6, 6.07) is 1.58. The fourth-order valence-corrected chi connectivity index (χ4v) is 3.60. The zero-order chi connectivity index (χ0) is 18.5. The van der Waals surface area contributed by atoms with Gasteiger partial charge in [0.05, 0.1) is 35.6 Å². The number of nitrogen functional groups attached to an aromatic ring is 1. The lowest BCUT2D eigenvalue weighted by molar-refractivity contribution is -0.0281. The molecular weight excluding hydrogens is 358 g/mol. The lowest BCUT2D eigenvalue weighted by Gasteiger charge is -2.33. The van der Waals surface area contributed by atoms with E-state index in [1.54, 1.807) is 13.2 Å². The molecule has 0 radical (unpaired) electrons. The molecule has 7 nitrogen and oxygen atoms in total. The van der Waals surface area contributed by atoms with Crippen LogP contribution in [-0.2, 0) is 15.9 Å². The Hall–Kier alpha value is -1.54. The Labute approximate surface area is 158 Å². The Morgan fingerprint density at radius 1 is 1.50 bits per heavy atom. The highest BCUT2D eigenvalue weighted by Gasteiger charge is 2.26. The predicted molar refractivity (Wildman–Crippen MR) is 100 cm³/mol. The molecule has 0 aromatic heterocycles. The van der Waals surface area contributed by atoms with Gasteiger partial charge < -0.3 is 25.3 Å². The number of morpholine rings is 1. The molecule has 1 atom stereocenters. The fraction of sp³-hybridized carbons (Fsp3) is 0.611. The third-order valence-electron chi connectivity index (χ3n) is 4.75. The number of carbonyl (C=O) groups is 1. The molecule has 2 aliphatic rings. The molecule has 26 heavy (non-hydrogen) atoms. The number of hydrogen-bond donors (Lipinski definition) is 2. The van der Waals surface area contributed by atoms with Crippen molar-refractivity contribution in [1.29, 1.82) is 0 Å². The van der Waals surface area contributed by atoms with Crippen molar-refractivity contribution in [2.24, 2.45) is 0 Å². The van der Waals surface area contributed by atoms with Gasteiger partial charge in [0.1, 0.15) is 5.75 Å². The Balaban J connectivity index is 1.56. The minimum atomic E-state index is -0.217. The van der Waals surface area contributed by atoms with Crippen LogP contribution in [-0.4, -0.2) is 70.0 Å². The average molecular weight is 384 g/mol. The lowest BCUT2D eigenvalue weighted by atomic mass is 10.1. The number of methoxy groups -OCH3 is 1. The summed E-state index contributed by atoms with van der Waals surface area (Å²) in [5, 5.41) is 3.32. The number of rotatable bonds is 7. The summed E-state index contributed by atoms with van der Waals surface area (Å²) >= 11 is 6.17. The van der Waals surface area contributed by atoms with Crippen molar-refractivity contribution in [3.8, 4) is 5.75 Å². The number of ether oxygens (including phenoxy) is 3. The molecule has 2 aliphatic heterocycles. The van der Waals surface area contributed by atoms with E-state index >= 15 is 0 Å². The van der Waals surface area contributed by atoms with Crippen LogP contribution in [0.2, 0.25) is 5.02 Å². The summed E-state index contributed by atoms with van der Waals surface area (Å²) in [5.74, 6) is 0.334. The van der Waals surface area contributed by atoms with Gasteiger partial charge in [-0.1, -0.05) is 11.6 Å². The minimum Gasteiger partial charge on any atom is -0.492 e. The number of halogens is 1. The van der Waals surface area contributed by atoms with Crippen molar-refractivity contribution >= 4 is 23.2 Å². The summed E-state index contributed by atoms with van der Waals surface area (Å²) in [6.45, 7) is 5.04.